The Balaban J connectivity index is 1.74. The van der Waals surface area contributed by atoms with E-state index in [4.69, 9.17) is 13.9 Å². The van der Waals surface area contributed by atoms with Gasteiger partial charge in [-0.2, -0.15) is 0 Å². The number of ether oxygens (including phenoxy) is 2. The molecule has 3 aromatic rings. The highest BCUT2D eigenvalue weighted by molar-refractivity contribution is 9.10. The van der Waals surface area contributed by atoms with Gasteiger partial charge in [-0.1, -0.05) is 40.2 Å². The molecule has 0 amide bonds. The molecule has 0 bridgehead atoms. The van der Waals surface area contributed by atoms with Gasteiger partial charge in [0, 0.05) is 15.4 Å². The molecule has 24 heavy (non-hydrogen) atoms. The molecule has 0 aliphatic carbocycles. The summed E-state index contributed by atoms with van der Waals surface area (Å²) in [5.74, 6) is 1.12. The second-order valence-electron chi connectivity index (χ2n) is 5.24. The number of esters is 1. The van der Waals surface area contributed by atoms with E-state index in [0.717, 1.165) is 26.8 Å². The summed E-state index contributed by atoms with van der Waals surface area (Å²) in [7, 11) is 0. The van der Waals surface area contributed by atoms with E-state index in [-0.39, 0.29) is 12.4 Å². The minimum Gasteiger partial charge on any atom is -0.485 e. The highest BCUT2D eigenvalue weighted by atomic mass is 79.9. The molecule has 3 rings (SSSR count). The van der Waals surface area contributed by atoms with Crippen LogP contribution in [0, 0.1) is 0 Å². The summed E-state index contributed by atoms with van der Waals surface area (Å²) in [4.78, 5) is 11.7. The Morgan fingerprint density at radius 1 is 1.17 bits per heavy atom. The molecule has 5 heteroatoms. The second kappa shape index (κ2) is 7.53. The van der Waals surface area contributed by atoms with Crippen LogP contribution in [0.1, 0.15) is 18.2 Å². The maximum Gasteiger partial charge on any atom is 0.310 e. The summed E-state index contributed by atoms with van der Waals surface area (Å²) in [6.45, 7) is 2.46. The largest absolute Gasteiger partial charge is 0.485 e. The number of hydrogen-bond acceptors (Lipinski definition) is 4. The maximum absolute atomic E-state index is 11.7. The van der Waals surface area contributed by atoms with E-state index in [1.54, 1.807) is 6.92 Å². The van der Waals surface area contributed by atoms with Gasteiger partial charge in [-0.05, 0) is 31.2 Å². The molecular formula is C19H17BrO4. The predicted molar refractivity (Wildman–Crippen MR) is 95.0 cm³/mol. The van der Waals surface area contributed by atoms with Crippen LogP contribution in [0.2, 0.25) is 0 Å². The quantitative estimate of drug-likeness (QED) is 0.564. The number of para-hydroxylation sites is 1. The molecule has 0 N–H and O–H groups in total. The number of fused-ring (bicyclic) bond motifs is 1. The van der Waals surface area contributed by atoms with E-state index in [1.807, 2.05) is 48.5 Å². The molecule has 0 saturated heterocycles. The first-order valence-corrected chi connectivity index (χ1v) is 8.50. The van der Waals surface area contributed by atoms with Crippen LogP contribution in [-0.4, -0.2) is 12.6 Å². The van der Waals surface area contributed by atoms with Crippen LogP contribution >= 0.6 is 15.9 Å². The average molecular weight is 389 g/mol. The third-order valence-electron chi connectivity index (χ3n) is 3.54. The Kier molecular flexibility index (Phi) is 5.20. The zero-order valence-corrected chi connectivity index (χ0v) is 14.8. The van der Waals surface area contributed by atoms with Gasteiger partial charge >= 0.3 is 5.97 Å². The first-order chi connectivity index (χ1) is 11.7. The van der Waals surface area contributed by atoms with Gasteiger partial charge in [0.2, 0.25) is 0 Å². The van der Waals surface area contributed by atoms with Gasteiger partial charge in [-0.3, -0.25) is 4.79 Å². The molecule has 0 aliphatic rings. The standard InChI is InChI=1S/C19H17BrO4/c1-2-22-19(21)10-13-6-3-4-8-17(13)23-12-14-11-15-16(20)7-5-9-18(15)24-14/h3-9,11H,2,10,12H2,1H3. The smallest absolute Gasteiger partial charge is 0.310 e. The molecule has 0 saturated carbocycles. The summed E-state index contributed by atoms with van der Waals surface area (Å²) >= 11 is 3.51. The van der Waals surface area contributed by atoms with Crippen molar-refractivity contribution in [2.75, 3.05) is 6.61 Å². The topological polar surface area (TPSA) is 48.7 Å². The third kappa shape index (κ3) is 3.79. The van der Waals surface area contributed by atoms with Gasteiger partial charge < -0.3 is 13.9 Å². The van der Waals surface area contributed by atoms with Crippen LogP contribution in [0.4, 0.5) is 0 Å². The molecule has 0 fully saturated rings. The number of furan rings is 1. The zero-order valence-electron chi connectivity index (χ0n) is 13.3. The van der Waals surface area contributed by atoms with E-state index >= 15 is 0 Å². The Labute approximate surface area is 148 Å². The normalized spacial score (nSPS) is 10.8. The van der Waals surface area contributed by atoms with Crippen LogP contribution in [-0.2, 0) is 22.6 Å². The van der Waals surface area contributed by atoms with Gasteiger partial charge in [0.15, 0.2) is 0 Å². The van der Waals surface area contributed by atoms with Gasteiger partial charge in [0.25, 0.3) is 0 Å². The number of hydrogen-bond donors (Lipinski definition) is 0. The molecule has 0 aliphatic heterocycles. The third-order valence-corrected chi connectivity index (χ3v) is 4.23. The summed E-state index contributed by atoms with van der Waals surface area (Å²) in [6.07, 6.45) is 0.190. The minimum atomic E-state index is -0.263. The van der Waals surface area contributed by atoms with Crippen molar-refractivity contribution in [1.82, 2.24) is 0 Å². The van der Waals surface area contributed by atoms with Gasteiger partial charge in [0.1, 0.15) is 23.7 Å². The monoisotopic (exact) mass is 388 g/mol. The van der Waals surface area contributed by atoms with Crippen LogP contribution in [0.15, 0.2) is 57.4 Å². The number of halogens is 1. The highest BCUT2D eigenvalue weighted by Gasteiger charge is 2.11. The molecule has 1 aromatic heterocycles. The molecule has 4 nitrogen and oxygen atoms in total. The molecule has 124 valence electrons. The van der Waals surface area contributed by atoms with Gasteiger partial charge in [0.05, 0.1) is 13.0 Å². The van der Waals surface area contributed by atoms with E-state index in [2.05, 4.69) is 15.9 Å². The fourth-order valence-electron chi connectivity index (χ4n) is 2.46. The van der Waals surface area contributed by atoms with Crippen molar-refractivity contribution in [2.24, 2.45) is 0 Å². The van der Waals surface area contributed by atoms with Crippen molar-refractivity contribution >= 4 is 32.9 Å². The number of carbonyl (C=O) groups is 1. The molecule has 0 atom stereocenters. The second-order valence-corrected chi connectivity index (χ2v) is 6.10. The van der Waals surface area contributed by atoms with Crippen molar-refractivity contribution in [3.05, 3.63) is 64.3 Å². The van der Waals surface area contributed by atoms with Crippen molar-refractivity contribution in [3.63, 3.8) is 0 Å². The molecule has 0 unspecified atom stereocenters. The van der Waals surface area contributed by atoms with Crippen molar-refractivity contribution in [1.29, 1.82) is 0 Å². The summed E-state index contributed by atoms with van der Waals surface area (Å²) in [5.41, 5.74) is 1.61. The Morgan fingerprint density at radius 3 is 2.79 bits per heavy atom. The Morgan fingerprint density at radius 2 is 2.00 bits per heavy atom. The number of benzene rings is 2. The number of rotatable bonds is 6. The summed E-state index contributed by atoms with van der Waals surface area (Å²) in [5, 5.41) is 1.01. The Bertz CT molecular complexity index is 853. The molecule has 0 radical (unpaired) electrons. The lowest BCUT2D eigenvalue weighted by molar-refractivity contribution is -0.142. The number of carbonyl (C=O) groups excluding carboxylic acids is 1. The summed E-state index contributed by atoms with van der Waals surface area (Å²) in [6, 6.07) is 15.2. The lowest BCUT2D eigenvalue weighted by atomic mass is 10.1. The van der Waals surface area contributed by atoms with Crippen molar-refractivity contribution < 1.29 is 18.7 Å². The lowest BCUT2D eigenvalue weighted by Gasteiger charge is -2.10. The van der Waals surface area contributed by atoms with E-state index in [1.165, 1.54) is 0 Å². The summed E-state index contributed by atoms with van der Waals surface area (Å²) < 4.78 is 17.6. The molecule has 1 heterocycles. The van der Waals surface area contributed by atoms with E-state index < -0.39 is 0 Å². The van der Waals surface area contributed by atoms with Crippen LogP contribution in [0.25, 0.3) is 11.0 Å². The molecule has 2 aromatic carbocycles. The van der Waals surface area contributed by atoms with Crippen molar-refractivity contribution in [3.8, 4) is 5.75 Å². The van der Waals surface area contributed by atoms with Gasteiger partial charge in [-0.25, -0.2) is 0 Å². The minimum absolute atomic E-state index is 0.190. The molecule has 0 spiro atoms. The predicted octanol–water partition coefficient (Wildman–Crippen LogP) is 4.88. The lowest BCUT2D eigenvalue weighted by Crippen LogP contribution is -2.09. The SMILES string of the molecule is CCOC(=O)Cc1ccccc1OCc1cc2c(Br)cccc2o1. The first kappa shape index (κ1) is 16.6. The van der Waals surface area contributed by atoms with Crippen molar-refractivity contribution in [2.45, 2.75) is 20.0 Å². The Hall–Kier alpha value is -2.27. The maximum atomic E-state index is 11.7. The first-order valence-electron chi connectivity index (χ1n) is 7.70. The van der Waals surface area contributed by atoms with Crippen LogP contribution in [0.5, 0.6) is 5.75 Å². The van der Waals surface area contributed by atoms with E-state index in [0.29, 0.717) is 19.0 Å². The van der Waals surface area contributed by atoms with Crippen LogP contribution in [0.3, 0.4) is 0 Å². The fourth-order valence-corrected chi connectivity index (χ4v) is 2.92. The molecular weight excluding hydrogens is 372 g/mol. The zero-order chi connectivity index (χ0) is 16.9. The highest BCUT2D eigenvalue weighted by Crippen LogP contribution is 2.28. The van der Waals surface area contributed by atoms with Crippen LogP contribution < -0.4 is 4.74 Å². The average Bonchev–Trinajstić information content (AvgIpc) is 2.99. The van der Waals surface area contributed by atoms with Gasteiger partial charge in [-0.15, -0.1) is 0 Å². The fraction of sp³-hybridized carbons (Fsp3) is 0.211. The van der Waals surface area contributed by atoms with E-state index in [9.17, 15) is 4.79 Å².